The normalized spacial score (nSPS) is 12.8. The van der Waals surface area contributed by atoms with Crippen LogP contribution in [0.2, 0.25) is 0 Å². The van der Waals surface area contributed by atoms with Gasteiger partial charge in [-0.1, -0.05) is 31.2 Å². The summed E-state index contributed by atoms with van der Waals surface area (Å²) in [5.74, 6) is -0.322. The minimum absolute atomic E-state index is 0.143. The van der Waals surface area contributed by atoms with Gasteiger partial charge in [0.25, 0.3) is 0 Å². The molecule has 27 heavy (non-hydrogen) atoms. The Morgan fingerprint density at radius 3 is 2.33 bits per heavy atom. The Hall–Kier alpha value is -1.83. The fourth-order valence-corrected chi connectivity index (χ4v) is 4.37. The standard InChI is InChI=1S/C20H26N2O3S2/c1-5-19(18-9-7-6-8-15(18)2)21-20(23)14-22(3)27(24,25)17-12-10-16(26-4)11-13-17/h6-13,19H,5,14H2,1-4H3,(H,21,23). The summed E-state index contributed by atoms with van der Waals surface area (Å²) in [7, 11) is -2.29. The predicted molar refractivity (Wildman–Crippen MR) is 110 cm³/mol. The molecule has 0 saturated heterocycles. The van der Waals surface area contributed by atoms with Crippen LogP contribution in [-0.2, 0) is 14.8 Å². The number of sulfonamides is 1. The number of aryl methyl sites for hydroxylation is 1. The Morgan fingerprint density at radius 2 is 1.78 bits per heavy atom. The lowest BCUT2D eigenvalue weighted by Crippen LogP contribution is -2.39. The van der Waals surface area contributed by atoms with Gasteiger partial charge in [0.05, 0.1) is 17.5 Å². The number of nitrogens with one attached hydrogen (secondary N) is 1. The third kappa shape index (κ3) is 5.34. The van der Waals surface area contributed by atoms with Gasteiger partial charge in [-0.25, -0.2) is 8.42 Å². The molecular formula is C20H26N2O3S2. The molecular weight excluding hydrogens is 380 g/mol. The summed E-state index contributed by atoms with van der Waals surface area (Å²) < 4.78 is 26.5. The maximum absolute atomic E-state index is 12.7. The van der Waals surface area contributed by atoms with E-state index in [1.807, 2.05) is 44.4 Å². The molecule has 2 rings (SSSR count). The zero-order chi connectivity index (χ0) is 20.0. The van der Waals surface area contributed by atoms with Crippen LogP contribution in [0.25, 0.3) is 0 Å². The highest BCUT2D eigenvalue weighted by molar-refractivity contribution is 7.98. The summed E-state index contributed by atoms with van der Waals surface area (Å²) in [5.41, 5.74) is 2.14. The van der Waals surface area contributed by atoms with E-state index in [9.17, 15) is 13.2 Å². The van der Waals surface area contributed by atoms with E-state index < -0.39 is 10.0 Å². The second-order valence-corrected chi connectivity index (χ2v) is 9.25. The van der Waals surface area contributed by atoms with Gasteiger partial charge in [-0.05, 0) is 55.0 Å². The van der Waals surface area contributed by atoms with Gasteiger partial charge < -0.3 is 5.32 Å². The van der Waals surface area contributed by atoms with Crippen molar-refractivity contribution in [3.8, 4) is 0 Å². The van der Waals surface area contributed by atoms with Crippen molar-refractivity contribution in [3.63, 3.8) is 0 Å². The minimum Gasteiger partial charge on any atom is -0.348 e. The number of likely N-dealkylation sites (N-methyl/N-ethyl adjacent to an activating group) is 1. The van der Waals surface area contributed by atoms with Crippen LogP contribution >= 0.6 is 11.8 Å². The molecule has 2 aromatic rings. The number of carbonyl (C=O) groups excluding carboxylic acids is 1. The number of rotatable bonds is 8. The molecule has 0 fully saturated rings. The van der Waals surface area contributed by atoms with Crippen LogP contribution in [0.5, 0.6) is 0 Å². The summed E-state index contributed by atoms with van der Waals surface area (Å²) in [6.07, 6.45) is 2.65. The van der Waals surface area contributed by atoms with Crippen molar-refractivity contribution in [2.45, 2.75) is 36.1 Å². The number of amides is 1. The van der Waals surface area contributed by atoms with Crippen LogP contribution in [0, 0.1) is 6.92 Å². The largest absolute Gasteiger partial charge is 0.348 e. The highest BCUT2D eigenvalue weighted by Crippen LogP contribution is 2.21. The van der Waals surface area contributed by atoms with E-state index in [0.29, 0.717) is 0 Å². The van der Waals surface area contributed by atoms with Crippen molar-refractivity contribution >= 4 is 27.7 Å². The molecule has 0 aliphatic carbocycles. The minimum atomic E-state index is -3.71. The van der Waals surface area contributed by atoms with Gasteiger partial charge in [0.15, 0.2) is 0 Å². The third-order valence-corrected chi connectivity index (χ3v) is 7.00. The third-order valence-electron chi connectivity index (χ3n) is 4.44. The van der Waals surface area contributed by atoms with E-state index in [0.717, 1.165) is 26.7 Å². The van der Waals surface area contributed by atoms with E-state index in [1.165, 1.54) is 7.05 Å². The molecule has 0 aromatic heterocycles. The predicted octanol–water partition coefficient (Wildman–Crippen LogP) is 3.60. The van der Waals surface area contributed by atoms with Crippen LogP contribution in [0.1, 0.15) is 30.5 Å². The molecule has 0 spiro atoms. The summed E-state index contributed by atoms with van der Waals surface area (Å²) in [6, 6.07) is 14.4. The fraction of sp³-hybridized carbons (Fsp3) is 0.350. The second-order valence-electron chi connectivity index (χ2n) is 6.32. The van der Waals surface area contributed by atoms with E-state index in [-0.39, 0.29) is 23.4 Å². The topological polar surface area (TPSA) is 66.5 Å². The van der Waals surface area contributed by atoms with E-state index >= 15 is 0 Å². The lowest BCUT2D eigenvalue weighted by atomic mass is 9.99. The van der Waals surface area contributed by atoms with Gasteiger partial charge in [0, 0.05) is 11.9 Å². The molecule has 5 nitrogen and oxygen atoms in total. The van der Waals surface area contributed by atoms with E-state index in [2.05, 4.69) is 5.32 Å². The van der Waals surface area contributed by atoms with E-state index in [1.54, 1.807) is 36.0 Å². The highest BCUT2D eigenvalue weighted by Gasteiger charge is 2.24. The summed E-state index contributed by atoms with van der Waals surface area (Å²) in [6.45, 7) is 3.76. The SMILES string of the molecule is CCC(NC(=O)CN(C)S(=O)(=O)c1ccc(SC)cc1)c1ccccc1C. The summed E-state index contributed by atoms with van der Waals surface area (Å²) >= 11 is 1.54. The number of carbonyl (C=O) groups is 1. The second kappa shape index (κ2) is 9.39. The number of hydrogen-bond acceptors (Lipinski definition) is 4. The zero-order valence-electron chi connectivity index (χ0n) is 16.1. The van der Waals surface area contributed by atoms with Crippen molar-refractivity contribution in [1.29, 1.82) is 0 Å². The first-order chi connectivity index (χ1) is 12.8. The van der Waals surface area contributed by atoms with Gasteiger partial charge in [-0.3, -0.25) is 4.79 Å². The smallest absolute Gasteiger partial charge is 0.243 e. The molecule has 1 N–H and O–H groups in total. The van der Waals surface area contributed by atoms with Crippen LogP contribution in [0.4, 0.5) is 0 Å². The zero-order valence-corrected chi connectivity index (χ0v) is 17.7. The Morgan fingerprint density at radius 1 is 1.15 bits per heavy atom. The van der Waals surface area contributed by atoms with Crippen LogP contribution in [0.3, 0.4) is 0 Å². The van der Waals surface area contributed by atoms with Gasteiger partial charge in [-0.15, -0.1) is 11.8 Å². The first-order valence-electron chi connectivity index (χ1n) is 8.74. The Kier molecular flexibility index (Phi) is 7.47. The van der Waals surface area contributed by atoms with Gasteiger partial charge in [-0.2, -0.15) is 4.31 Å². The average molecular weight is 407 g/mol. The monoisotopic (exact) mass is 406 g/mol. The van der Waals surface area contributed by atoms with Gasteiger partial charge in [0.1, 0.15) is 0 Å². The quantitative estimate of drug-likeness (QED) is 0.680. The molecule has 1 amide bonds. The lowest BCUT2D eigenvalue weighted by molar-refractivity contribution is -0.121. The van der Waals surface area contributed by atoms with Crippen LogP contribution < -0.4 is 5.32 Å². The molecule has 0 aliphatic rings. The molecule has 146 valence electrons. The number of hydrogen-bond donors (Lipinski definition) is 1. The molecule has 0 radical (unpaired) electrons. The average Bonchev–Trinajstić information content (AvgIpc) is 2.66. The molecule has 0 heterocycles. The highest BCUT2D eigenvalue weighted by atomic mass is 32.2. The molecule has 0 aliphatic heterocycles. The maximum Gasteiger partial charge on any atom is 0.243 e. The first kappa shape index (κ1) is 21.5. The van der Waals surface area contributed by atoms with Gasteiger partial charge >= 0.3 is 0 Å². The molecule has 0 saturated carbocycles. The summed E-state index contributed by atoms with van der Waals surface area (Å²) in [4.78, 5) is 13.6. The van der Waals surface area contributed by atoms with Crippen molar-refractivity contribution in [2.24, 2.45) is 0 Å². The molecule has 2 aromatic carbocycles. The van der Waals surface area contributed by atoms with Crippen LogP contribution in [-0.4, -0.2) is 38.5 Å². The Balaban J connectivity index is 2.08. The number of thioether (sulfide) groups is 1. The molecule has 0 bridgehead atoms. The Bertz CT molecular complexity index is 880. The van der Waals surface area contributed by atoms with Crippen molar-refractivity contribution in [3.05, 3.63) is 59.7 Å². The Labute approximate surface area is 166 Å². The van der Waals surface area contributed by atoms with E-state index in [4.69, 9.17) is 0 Å². The van der Waals surface area contributed by atoms with Crippen molar-refractivity contribution in [2.75, 3.05) is 19.8 Å². The number of benzene rings is 2. The lowest BCUT2D eigenvalue weighted by Gasteiger charge is -2.22. The first-order valence-corrected chi connectivity index (χ1v) is 11.4. The fourth-order valence-electron chi connectivity index (χ4n) is 2.83. The summed E-state index contributed by atoms with van der Waals surface area (Å²) in [5, 5.41) is 2.95. The molecule has 1 atom stereocenters. The molecule has 7 heteroatoms. The number of nitrogens with zero attached hydrogens (tertiary/aromatic N) is 1. The molecule has 1 unspecified atom stereocenters. The van der Waals surface area contributed by atoms with Crippen LogP contribution in [0.15, 0.2) is 58.3 Å². The van der Waals surface area contributed by atoms with Crippen molar-refractivity contribution in [1.82, 2.24) is 9.62 Å². The maximum atomic E-state index is 12.7. The van der Waals surface area contributed by atoms with Gasteiger partial charge in [0.2, 0.25) is 15.9 Å². The van der Waals surface area contributed by atoms with Crippen molar-refractivity contribution < 1.29 is 13.2 Å².